The molecule has 0 aromatic carbocycles. The normalized spacial score (nSPS) is 10.5. The highest BCUT2D eigenvalue weighted by Gasteiger charge is 2.16. The van der Waals surface area contributed by atoms with Crippen LogP contribution >= 0.6 is 0 Å². The molecule has 2 N–H and O–H groups in total. The molecule has 1 amide bonds. The Balaban J connectivity index is 0. The van der Waals surface area contributed by atoms with E-state index in [2.05, 4.69) is 26.3 Å². The minimum Gasteiger partial charge on any atom is -0.463 e. The number of carboxylic acid groups (broad SMARTS) is 1. The van der Waals surface area contributed by atoms with Gasteiger partial charge in [0.1, 0.15) is 0 Å². The molecule has 0 aliphatic rings. The Morgan fingerprint density at radius 2 is 0.927 bits per heavy atom. The molecule has 0 radical (unpaired) electrons. The predicted molar refractivity (Wildman–Crippen MR) is 168 cm³/mol. The van der Waals surface area contributed by atoms with Crippen LogP contribution in [0.25, 0.3) is 0 Å². The number of hydrogen-bond acceptors (Lipinski definition) is 6. The van der Waals surface area contributed by atoms with Gasteiger partial charge < -0.3 is 14.8 Å². The van der Waals surface area contributed by atoms with Gasteiger partial charge in [0.05, 0.1) is 6.54 Å². The average Bonchev–Trinajstić information content (AvgIpc) is 2.96. The molecule has 41 heavy (non-hydrogen) atoms. The fraction of sp³-hybridized carbons (Fsp3) is 0.909. The number of amides is 1. The Hall–Kier alpha value is -1.83. The van der Waals surface area contributed by atoms with Crippen LogP contribution < -0.4 is 5.48 Å². The van der Waals surface area contributed by atoms with Gasteiger partial charge in [-0.25, -0.2) is 9.59 Å². The van der Waals surface area contributed by atoms with Crippen molar-refractivity contribution in [2.45, 2.75) is 182 Å². The van der Waals surface area contributed by atoms with Gasteiger partial charge >= 0.3 is 18.0 Å². The molecule has 0 rings (SSSR count). The summed E-state index contributed by atoms with van der Waals surface area (Å²) in [6.07, 6.45) is 25.5. The maximum absolute atomic E-state index is 11.6. The van der Waals surface area contributed by atoms with Crippen molar-refractivity contribution in [3.05, 3.63) is 0 Å². The summed E-state index contributed by atoms with van der Waals surface area (Å²) < 4.78 is 0. The van der Waals surface area contributed by atoms with E-state index >= 15 is 0 Å². The molecular formula is C33H66N2O6. The zero-order valence-corrected chi connectivity index (χ0v) is 27.3. The SMILES string of the molecule is CCCCCCCCCCCC(=O)ON(CCCC)C(=O)O.CCCCCCCCCCCC(=O)ONCCCC. The second-order valence-corrected chi connectivity index (χ2v) is 11.1. The molecule has 0 aliphatic heterocycles. The van der Waals surface area contributed by atoms with Crippen LogP contribution in [0.2, 0.25) is 0 Å². The highest BCUT2D eigenvalue weighted by atomic mass is 16.7. The summed E-state index contributed by atoms with van der Waals surface area (Å²) in [6.45, 7) is 9.55. The Kier molecular flexibility index (Phi) is 34.6. The van der Waals surface area contributed by atoms with E-state index < -0.39 is 12.1 Å². The van der Waals surface area contributed by atoms with Crippen molar-refractivity contribution >= 4 is 18.0 Å². The van der Waals surface area contributed by atoms with Crippen molar-refractivity contribution in [2.75, 3.05) is 13.1 Å². The van der Waals surface area contributed by atoms with Crippen molar-refractivity contribution in [3.8, 4) is 0 Å². The molecule has 0 unspecified atom stereocenters. The van der Waals surface area contributed by atoms with E-state index in [1.807, 2.05) is 6.92 Å². The molecule has 0 fully saturated rings. The minimum absolute atomic E-state index is 0.112. The monoisotopic (exact) mass is 586 g/mol. The first-order valence-electron chi connectivity index (χ1n) is 17.1. The molecule has 0 saturated heterocycles. The first-order chi connectivity index (χ1) is 19.9. The number of carbonyl (C=O) groups excluding carboxylic acids is 2. The van der Waals surface area contributed by atoms with Crippen molar-refractivity contribution in [2.24, 2.45) is 0 Å². The minimum atomic E-state index is -1.20. The van der Waals surface area contributed by atoms with E-state index in [0.717, 1.165) is 63.0 Å². The van der Waals surface area contributed by atoms with Gasteiger partial charge in [-0.1, -0.05) is 143 Å². The molecule has 8 nitrogen and oxygen atoms in total. The zero-order chi connectivity index (χ0) is 30.8. The summed E-state index contributed by atoms with van der Waals surface area (Å²) >= 11 is 0. The summed E-state index contributed by atoms with van der Waals surface area (Å²) in [4.78, 5) is 43.7. The quantitative estimate of drug-likeness (QED) is 0.0728. The van der Waals surface area contributed by atoms with Crippen molar-refractivity contribution in [1.82, 2.24) is 10.5 Å². The Labute approximate surface area is 252 Å². The predicted octanol–water partition coefficient (Wildman–Crippen LogP) is 9.90. The van der Waals surface area contributed by atoms with E-state index in [4.69, 9.17) is 14.8 Å². The van der Waals surface area contributed by atoms with E-state index in [0.29, 0.717) is 19.3 Å². The van der Waals surface area contributed by atoms with Gasteiger partial charge in [0, 0.05) is 19.4 Å². The Morgan fingerprint density at radius 1 is 0.537 bits per heavy atom. The third kappa shape index (κ3) is 34.3. The van der Waals surface area contributed by atoms with E-state index in [1.165, 1.54) is 83.5 Å². The van der Waals surface area contributed by atoms with Crippen LogP contribution in [0.3, 0.4) is 0 Å². The second-order valence-electron chi connectivity index (χ2n) is 11.1. The lowest BCUT2D eigenvalue weighted by atomic mass is 10.1. The lowest BCUT2D eigenvalue weighted by Gasteiger charge is -2.17. The van der Waals surface area contributed by atoms with Gasteiger partial charge in [0.15, 0.2) is 0 Å². The van der Waals surface area contributed by atoms with Crippen LogP contribution in [0.5, 0.6) is 0 Å². The first-order valence-corrected chi connectivity index (χ1v) is 17.1. The summed E-state index contributed by atoms with van der Waals surface area (Å²) in [6, 6.07) is 0. The summed E-state index contributed by atoms with van der Waals surface area (Å²) in [5, 5.41) is 9.68. The van der Waals surface area contributed by atoms with Crippen LogP contribution in [0, 0.1) is 0 Å². The molecule has 0 saturated carbocycles. The maximum Gasteiger partial charge on any atom is 0.440 e. The standard InChI is InChI=1S/C17H33NO4.C16H33NO2/c1-3-5-7-8-9-10-11-12-13-14-16(19)22-18(17(20)21)15-6-4-2;1-3-5-7-8-9-10-11-12-13-14-16(18)19-17-15-6-4-2/h3-15H2,1-2H3,(H,20,21);17H,3-15H2,1-2H3. The molecule has 0 spiro atoms. The molecular weight excluding hydrogens is 520 g/mol. The Bertz CT molecular complexity index is 588. The van der Waals surface area contributed by atoms with Crippen LogP contribution in [0.4, 0.5) is 4.79 Å². The van der Waals surface area contributed by atoms with Crippen LogP contribution in [-0.2, 0) is 19.3 Å². The summed E-state index contributed by atoms with van der Waals surface area (Å²) in [5.41, 5.74) is 2.72. The van der Waals surface area contributed by atoms with Gasteiger partial charge in [-0.05, 0) is 25.7 Å². The molecule has 0 atom stereocenters. The van der Waals surface area contributed by atoms with Gasteiger partial charge in [-0.3, -0.25) is 4.79 Å². The highest BCUT2D eigenvalue weighted by molar-refractivity contribution is 5.72. The van der Waals surface area contributed by atoms with Crippen molar-refractivity contribution < 1.29 is 29.2 Å². The average molecular weight is 587 g/mol. The van der Waals surface area contributed by atoms with E-state index in [1.54, 1.807) is 0 Å². The summed E-state index contributed by atoms with van der Waals surface area (Å²) in [7, 11) is 0. The smallest absolute Gasteiger partial charge is 0.440 e. The van der Waals surface area contributed by atoms with Crippen LogP contribution in [0.15, 0.2) is 0 Å². The van der Waals surface area contributed by atoms with Gasteiger partial charge in [-0.15, -0.1) is 5.06 Å². The largest absolute Gasteiger partial charge is 0.463 e. The summed E-state index contributed by atoms with van der Waals surface area (Å²) in [5.74, 6) is -0.555. The molecule has 0 aromatic heterocycles. The lowest BCUT2D eigenvalue weighted by Crippen LogP contribution is -2.33. The Morgan fingerprint density at radius 3 is 1.34 bits per heavy atom. The zero-order valence-electron chi connectivity index (χ0n) is 27.3. The number of nitrogens with one attached hydrogen (secondary N) is 1. The van der Waals surface area contributed by atoms with Crippen LogP contribution in [0.1, 0.15) is 182 Å². The van der Waals surface area contributed by atoms with E-state index in [9.17, 15) is 14.4 Å². The van der Waals surface area contributed by atoms with Gasteiger partial charge in [0.25, 0.3) is 0 Å². The van der Waals surface area contributed by atoms with Gasteiger partial charge in [0.2, 0.25) is 0 Å². The molecule has 0 aliphatic carbocycles. The highest BCUT2D eigenvalue weighted by Crippen LogP contribution is 2.12. The molecule has 0 bridgehead atoms. The third-order valence-electron chi connectivity index (χ3n) is 6.93. The molecule has 8 heteroatoms. The lowest BCUT2D eigenvalue weighted by molar-refractivity contribution is -0.180. The second kappa shape index (κ2) is 34.4. The topological polar surface area (TPSA) is 105 Å². The first kappa shape index (κ1) is 41.3. The van der Waals surface area contributed by atoms with E-state index in [-0.39, 0.29) is 12.5 Å². The number of hydroxylamine groups is 3. The third-order valence-corrected chi connectivity index (χ3v) is 6.93. The van der Waals surface area contributed by atoms with Crippen molar-refractivity contribution in [1.29, 1.82) is 0 Å². The number of nitrogens with zero attached hydrogens (tertiary/aromatic N) is 1. The molecule has 0 aromatic rings. The fourth-order valence-electron chi connectivity index (χ4n) is 4.24. The van der Waals surface area contributed by atoms with Crippen LogP contribution in [-0.4, -0.2) is 41.3 Å². The molecule has 244 valence electrons. The van der Waals surface area contributed by atoms with Gasteiger partial charge in [-0.2, -0.15) is 5.48 Å². The fourth-order valence-corrected chi connectivity index (χ4v) is 4.24. The number of carbonyl (C=O) groups is 3. The van der Waals surface area contributed by atoms with Crippen molar-refractivity contribution in [3.63, 3.8) is 0 Å². The number of hydrogen-bond donors (Lipinski definition) is 2. The molecule has 0 heterocycles. The maximum atomic E-state index is 11.6. The number of rotatable bonds is 27. The number of unbranched alkanes of at least 4 members (excludes halogenated alkanes) is 18.